The lowest BCUT2D eigenvalue weighted by molar-refractivity contribution is 0.0746. The number of hydrogen-bond acceptors (Lipinski definition) is 5. The van der Waals surface area contributed by atoms with Crippen LogP contribution in [0.1, 0.15) is 10.4 Å². The number of piperazine rings is 1. The molecule has 136 valence electrons. The SMILES string of the molecule is O=C(c1cnc(Nc2ccccc2)nc1)N1CCN(c2ccccc2)CC1. The molecule has 3 aromatic rings. The van der Waals surface area contributed by atoms with Crippen LogP contribution in [-0.4, -0.2) is 47.0 Å². The van der Waals surface area contributed by atoms with E-state index in [4.69, 9.17) is 0 Å². The molecule has 2 aromatic carbocycles. The number of carbonyl (C=O) groups is 1. The zero-order valence-electron chi connectivity index (χ0n) is 15.0. The van der Waals surface area contributed by atoms with E-state index in [1.807, 2.05) is 53.4 Å². The number of nitrogens with one attached hydrogen (secondary N) is 1. The minimum absolute atomic E-state index is 0.0195. The minimum Gasteiger partial charge on any atom is -0.368 e. The summed E-state index contributed by atoms with van der Waals surface area (Å²) < 4.78 is 0. The zero-order chi connectivity index (χ0) is 18.5. The molecule has 0 aliphatic carbocycles. The number of para-hydroxylation sites is 2. The minimum atomic E-state index is -0.0195. The van der Waals surface area contributed by atoms with E-state index in [2.05, 4.69) is 32.3 Å². The molecule has 1 aromatic heterocycles. The van der Waals surface area contributed by atoms with Crippen molar-refractivity contribution in [2.24, 2.45) is 0 Å². The molecule has 4 rings (SSSR count). The summed E-state index contributed by atoms with van der Waals surface area (Å²) in [6.45, 7) is 3.03. The van der Waals surface area contributed by atoms with Gasteiger partial charge in [0.2, 0.25) is 5.95 Å². The predicted molar refractivity (Wildman–Crippen MR) is 106 cm³/mol. The molecule has 1 fully saturated rings. The summed E-state index contributed by atoms with van der Waals surface area (Å²) >= 11 is 0. The molecule has 27 heavy (non-hydrogen) atoms. The molecule has 0 spiro atoms. The van der Waals surface area contributed by atoms with Crippen LogP contribution in [0.2, 0.25) is 0 Å². The van der Waals surface area contributed by atoms with Crippen molar-refractivity contribution in [1.82, 2.24) is 14.9 Å². The van der Waals surface area contributed by atoms with Gasteiger partial charge in [0.1, 0.15) is 0 Å². The first-order chi connectivity index (χ1) is 13.3. The number of anilines is 3. The Balaban J connectivity index is 1.36. The average Bonchev–Trinajstić information content (AvgIpc) is 2.75. The topological polar surface area (TPSA) is 61.4 Å². The Morgan fingerprint density at radius 2 is 1.41 bits per heavy atom. The monoisotopic (exact) mass is 359 g/mol. The summed E-state index contributed by atoms with van der Waals surface area (Å²) in [6, 6.07) is 20.0. The van der Waals surface area contributed by atoms with E-state index in [-0.39, 0.29) is 5.91 Å². The highest BCUT2D eigenvalue weighted by Crippen LogP contribution is 2.17. The number of aromatic nitrogens is 2. The number of carbonyl (C=O) groups excluding carboxylic acids is 1. The lowest BCUT2D eigenvalue weighted by atomic mass is 10.2. The Kier molecular flexibility index (Phi) is 4.96. The van der Waals surface area contributed by atoms with Gasteiger partial charge in [-0.2, -0.15) is 0 Å². The molecule has 0 atom stereocenters. The van der Waals surface area contributed by atoms with E-state index >= 15 is 0 Å². The molecule has 0 unspecified atom stereocenters. The fourth-order valence-corrected chi connectivity index (χ4v) is 3.14. The summed E-state index contributed by atoms with van der Waals surface area (Å²) in [4.78, 5) is 25.4. The van der Waals surface area contributed by atoms with Gasteiger partial charge in [0.05, 0.1) is 5.56 Å². The number of amides is 1. The van der Waals surface area contributed by atoms with Gasteiger partial charge in [-0.25, -0.2) is 9.97 Å². The van der Waals surface area contributed by atoms with Crippen LogP contribution in [0.15, 0.2) is 73.1 Å². The molecule has 1 aliphatic heterocycles. The summed E-state index contributed by atoms with van der Waals surface area (Å²) in [7, 11) is 0. The number of nitrogens with zero attached hydrogens (tertiary/aromatic N) is 4. The van der Waals surface area contributed by atoms with Crippen molar-refractivity contribution < 1.29 is 4.79 Å². The molecular weight excluding hydrogens is 338 g/mol. The molecule has 0 radical (unpaired) electrons. The van der Waals surface area contributed by atoms with Gasteiger partial charge < -0.3 is 15.1 Å². The van der Waals surface area contributed by atoms with Crippen LogP contribution in [0.3, 0.4) is 0 Å². The van der Waals surface area contributed by atoms with Gasteiger partial charge >= 0.3 is 0 Å². The van der Waals surface area contributed by atoms with E-state index in [0.29, 0.717) is 24.6 Å². The third-order valence-electron chi connectivity index (χ3n) is 4.62. The van der Waals surface area contributed by atoms with Crippen molar-refractivity contribution >= 4 is 23.2 Å². The fourth-order valence-electron chi connectivity index (χ4n) is 3.14. The second-order valence-corrected chi connectivity index (χ2v) is 6.40. The molecule has 0 bridgehead atoms. The van der Waals surface area contributed by atoms with Gasteiger partial charge in [-0.3, -0.25) is 4.79 Å². The third-order valence-corrected chi connectivity index (χ3v) is 4.62. The van der Waals surface area contributed by atoms with Crippen LogP contribution in [0, 0.1) is 0 Å². The van der Waals surface area contributed by atoms with Crippen LogP contribution >= 0.6 is 0 Å². The third kappa shape index (κ3) is 4.06. The van der Waals surface area contributed by atoms with Crippen molar-refractivity contribution in [2.75, 3.05) is 36.4 Å². The fraction of sp³-hybridized carbons (Fsp3) is 0.190. The van der Waals surface area contributed by atoms with Gasteiger partial charge in [-0.15, -0.1) is 0 Å². The summed E-state index contributed by atoms with van der Waals surface area (Å²) in [5, 5.41) is 3.12. The Bertz CT molecular complexity index is 875. The quantitative estimate of drug-likeness (QED) is 0.775. The van der Waals surface area contributed by atoms with Crippen LogP contribution < -0.4 is 10.2 Å². The van der Waals surface area contributed by atoms with Crippen molar-refractivity contribution in [2.45, 2.75) is 0 Å². The highest BCUT2D eigenvalue weighted by atomic mass is 16.2. The lowest BCUT2D eigenvalue weighted by Crippen LogP contribution is -2.48. The Hall–Kier alpha value is -3.41. The lowest BCUT2D eigenvalue weighted by Gasteiger charge is -2.36. The standard InChI is InChI=1S/C21H21N5O/c27-20(26-13-11-25(12-14-26)19-9-5-2-6-10-19)17-15-22-21(23-16-17)24-18-7-3-1-4-8-18/h1-10,15-16H,11-14H2,(H,22,23,24). The van der Waals surface area contributed by atoms with Gasteiger partial charge in [-0.1, -0.05) is 36.4 Å². The first-order valence-corrected chi connectivity index (χ1v) is 9.03. The number of hydrogen-bond donors (Lipinski definition) is 1. The summed E-state index contributed by atoms with van der Waals surface area (Å²) in [6.07, 6.45) is 3.17. The van der Waals surface area contributed by atoms with Crippen molar-refractivity contribution in [3.63, 3.8) is 0 Å². The molecule has 2 heterocycles. The van der Waals surface area contributed by atoms with Crippen LogP contribution in [-0.2, 0) is 0 Å². The van der Waals surface area contributed by atoms with E-state index in [1.165, 1.54) is 5.69 Å². The van der Waals surface area contributed by atoms with E-state index in [9.17, 15) is 4.79 Å². The van der Waals surface area contributed by atoms with Crippen LogP contribution in [0.4, 0.5) is 17.3 Å². The van der Waals surface area contributed by atoms with E-state index in [1.54, 1.807) is 12.4 Å². The van der Waals surface area contributed by atoms with E-state index in [0.717, 1.165) is 18.8 Å². The van der Waals surface area contributed by atoms with Gasteiger partial charge in [-0.05, 0) is 24.3 Å². The smallest absolute Gasteiger partial charge is 0.257 e. The van der Waals surface area contributed by atoms with Gasteiger partial charge in [0.25, 0.3) is 5.91 Å². The molecular formula is C21H21N5O. The maximum absolute atomic E-state index is 12.7. The first-order valence-electron chi connectivity index (χ1n) is 9.03. The van der Waals surface area contributed by atoms with Crippen LogP contribution in [0.5, 0.6) is 0 Å². The Morgan fingerprint density at radius 3 is 2.04 bits per heavy atom. The predicted octanol–water partition coefficient (Wildman–Crippen LogP) is 3.18. The van der Waals surface area contributed by atoms with Crippen molar-refractivity contribution in [3.05, 3.63) is 78.6 Å². The Labute approximate surface area is 158 Å². The highest BCUT2D eigenvalue weighted by Gasteiger charge is 2.22. The second-order valence-electron chi connectivity index (χ2n) is 6.40. The summed E-state index contributed by atoms with van der Waals surface area (Å²) in [5.74, 6) is 0.459. The van der Waals surface area contributed by atoms with Crippen molar-refractivity contribution in [3.8, 4) is 0 Å². The van der Waals surface area contributed by atoms with Crippen molar-refractivity contribution in [1.29, 1.82) is 0 Å². The molecule has 1 aliphatic rings. The molecule has 1 amide bonds. The number of benzene rings is 2. The van der Waals surface area contributed by atoms with Gasteiger partial charge in [0.15, 0.2) is 0 Å². The normalized spacial score (nSPS) is 14.1. The molecule has 6 heteroatoms. The van der Waals surface area contributed by atoms with Gasteiger partial charge in [0, 0.05) is 49.9 Å². The molecule has 1 saturated heterocycles. The largest absolute Gasteiger partial charge is 0.368 e. The van der Waals surface area contributed by atoms with E-state index < -0.39 is 0 Å². The molecule has 1 N–H and O–H groups in total. The molecule has 6 nitrogen and oxygen atoms in total. The summed E-state index contributed by atoms with van der Waals surface area (Å²) in [5.41, 5.74) is 2.62. The number of rotatable bonds is 4. The molecule has 0 saturated carbocycles. The second kappa shape index (κ2) is 7.86. The highest BCUT2D eigenvalue weighted by molar-refractivity contribution is 5.93. The maximum Gasteiger partial charge on any atom is 0.257 e. The Morgan fingerprint density at radius 1 is 0.815 bits per heavy atom. The zero-order valence-corrected chi connectivity index (χ0v) is 15.0. The maximum atomic E-state index is 12.7. The average molecular weight is 359 g/mol. The first kappa shape index (κ1) is 17.0. The van der Waals surface area contributed by atoms with Crippen LogP contribution in [0.25, 0.3) is 0 Å².